The molecule has 15 heavy (non-hydrogen) atoms. The van der Waals surface area contributed by atoms with Crippen molar-refractivity contribution >= 4 is 0 Å². The van der Waals surface area contributed by atoms with Crippen molar-refractivity contribution in [2.75, 3.05) is 14.1 Å². The van der Waals surface area contributed by atoms with Gasteiger partial charge in [-0.25, -0.2) is 0 Å². The van der Waals surface area contributed by atoms with Crippen LogP contribution >= 0.6 is 0 Å². The van der Waals surface area contributed by atoms with Crippen LogP contribution in [0.5, 0.6) is 0 Å². The number of nitrogens with zero attached hydrogens (tertiary/aromatic N) is 1. The summed E-state index contributed by atoms with van der Waals surface area (Å²) in [6, 6.07) is 9.28. The van der Waals surface area contributed by atoms with Crippen molar-refractivity contribution in [3.8, 4) is 0 Å². The molecule has 0 spiro atoms. The average Bonchev–Trinajstić information content (AvgIpc) is 2.14. The standard InChI is InChI=1S/C13H22N2/c1-11-6-5-7-13(10-11)9-8-12(2)14-15(3)4/h5-7,10,12,14H,8-9H2,1-4H3. The fourth-order valence-corrected chi connectivity index (χ4v) is 1.76. The van der Waals surface area contributed by atoms with Crippen molar-refractivity contribution in [2.24, 2.45) is 0 Å². The van der Waals surface area contributed by atoms with Crippen molar-refractivity contribution in [3.05, 3.63) is 35.4 Å². The second-order valence-electron chi connectivity index (χ2n) is 4.45. The summed E-state index contributed by atoms with van der Waals surface area (Å²) in [4.78, 5) is 0. The van der Waals surface area contributed by atoms with Crippen LogP contribution in [-0.4, -0.2) is 25.1 Å². The van der Waals surface area contributed by atoms with Gasteiger partial charge >= 0.3 is 0 Å². The number of hydrazine groups is 1. The molecule has 2 nitrogen and oxygen atoms in total. The highest BCUT2D eigenvalue weighted by Crippen LogP contribution is 2.07. The predicted octanol–water partition coefficient (Wildman–Crippen LogP) is 2.38. The molecular weight excluding hydrogens is 184 g/mol. The Kier molecular flexibility index (Phi) is 4.79. The van der Waals surface area contributed by atoms with Crippen molar-refractivity contribution in [2.45, 2.75) is 32.7 Å². The minimum absolute atomic E-state index is 0.528. The van der Waals surface area contributed by atoms with Crippen molar-refractivity contribution in [1.82, 2.24) is 10.4 Å². The second-order valence-corrected chi connectivity index (χ2v) is 4.45. The molecule has 0 amide bonds. The van der Waals surface area contributed by atoms with E-state index in [0.29, 0.717) is 6.04 Å². The van der Waals surface area contributed by atoms with E-state index in [9.17, 15) is 0 Å². The summed E-state index contributed by atoms with van der Waals surface area (Å²) in [5.41, 5.74) is 6.14. The van der Waals surface area contributed by atoms with Crippen LogP contribution in [0.4, 0.5) is 0 Å². The van der Waals surface area contributed by atoms with Crippen molar-refractivity contribution in [3.63, 3.8) is 0 Å². The summed E-state index contributed by atoms with van der Waals surface area (Å²) in [7, 11) is 4.06. The lowest BCUT2D eigenvalue weighted by atomic mass is 10.0. The topological polar surface area (TPSA) is 15.3 Å². The molecule has 0 saturated carbocycles. The molecule has 0 aliphatic heterocycles. The minimum atomic E-state index is 0.528. The minimum Gasteiger partial charge on any atom is -0.253 e. The lowest BCUT2D eigenvalue weighted by molar-refractivity contribution is 0.243. The molecule has 0 heterocycles. The second kappa shape index (κ2) is 5.89. The zero-order chi connectivity index (χ0) is 11.3. The SMILES string of the molecule is Cc1cccc(CCC(C)NN(C)C)c1. The van der Waals surface area contributed by atoms with Crippen LogP contribution in [0.3, 0.4) is 0 Å². The molecule has 2 heteroatoms. The molecule has 0 aliphatic rings. The lowest BCUT2D eigenvalue weighted by Gasteiger charge is -2.19. The first-order chi connectivity index (χ1) is 7.08. The molecule has 1 atom stereocenters. The van der Waals surface area contributed by atoms with E-state index in [1.807, 2.05) is 19.1 Å². The maximum atomic E-state index is 3.36. The molecule has 1 unspecified atom stereocenters. The van der Waals surface area contributed by atoms with Crippen molar-refractivity contribution < 1.29 is 0 Å². The van der Waals surface area contributed by atoms with E-state index in [-0.39, 0.29) is 0 Å². The van der Waals surface area contributed by atoms with Crippen LogP contribution in [0.15, 0.2) is 24.3 Å². The summed E-state index contributed by atoms with van der Waals surface area (Å²) < 4.78 is 0. The number of benzene rings is 1. The number of rotatable bonds is 5. The Morgan fingerprint density at radius 2 is 2.07 bits per heavy atom. The summed E-state index contributed by atoms with van der Waals surface area (Å²) in [6.07, 6.45) is 2.31. The first kappa shape index (κ1) is 12.2. The molecule has 1 N–H and O–H groups in total. The maximum Gasteiger partial charge on any atom is 0.0189 e. The number of nitrogens with one attached hydrogen (secondary N) is 1. The third-order valence-corrected chi connectivity index (χ3v) is 2.43. The molecule has 1 rings (SSSR count). The van der Waals surface area contributed by atoms with Gasteiger partial charge in [0.2, 0.25) is 0 Å². The van der Waals surface area contributed by atoms with Gasteiger partial charge in [0.05, 0.1) is 0 Å². The van der Waals surface area contributed by atoms with Crippen LogP contribution in [-0.2, 0) is 6.42 Å². The molecule has 0 saturated heterocycles. The van der Waals surface area contributed by atoms with Crippen LogP contribution < -0.4 is 5.43 Å². The van der Waals surface area contributed by atoms with E-state index in [2.05, 4.69) is 43.5 Å². The van der Waals surface area contributed by atoms with Gasteiger partial charge in [0.1, 0.15) is 0 Å². The Morgan fingerprint density at radius 1 is 1.33 bits per heavy atom. The fraction of sp³-hybridized carbons (Fsp3) is 0.538. The molecule has 1 aromatic rings. The van der Waals surface area contributed by atoms with E-state index < -0.39 is 0 Å². The number of hydrogen-bond donors (Lipinski definition) is 1. The highest BCUT2D eigenvalue weighted by Gasteiger charge is 2.02. The molecule has 0 aliphatic carbocycles. The van der Waals surface area contributed by atoms with Crippen LogP contribution in [0, 0.1) is 6.92 Å². The molecular formula is C13H22N2. The third kappa shape index (κ3) is 4.96. The van der Waals surface area contributed by atoms with Gasteiger partial charge in [0, 0.05) is 20.1 Å². The molecule has 1 aromatic carbocycles. The normalized spacial score (nSPS) is 13.1. The average molecular weight is 206 g/mol. The van der Waals surface area contributed by atoms with E-state index in [4.69, 9.17) is 0 Å². The monoisotopic (exact) mass is 206 g/mol. The van der Waals surface area contributed by atoms with Gasteiger partial charge in [-0.2, -0.15) is 0 Å². The molecule has 0 bridgehead atoms. The zero-order valence-electron chi connectivity index (χ0n) is 10.2. The largest absolute Gasteiger partial charge is 0.253 e. The van der Waals surface area contributed by atoms with Gasteiger partial charge in [0.25, 0.3) is 0 Å². The number of aryl methyl sites for hydroxylation is 2. The fourth-order valence-electron chi connectivity index (χ4n) is 1.76. The summed E-state index contributed by atoms with van der Waals surface area (Å²) in [5.74, 6) is 0. The first-order valence-corrected chi connectivity index (χ1v) is 5.57. The van der Waals surface area contributed by atoms with Gasteiger partial charge < -0.3 is 0 Å². The zero-order valence-corrected chi connectivity index (χ0v) is 10.2. The first-order valence-electron chi connectivity index (χ1n) is 5.57. The number of hydrogen-bond acceptors (Lipinski definition) is 2. The Morgan fingerprint density at radius 3 is 2.67 bits per heavy atom. The Labute approximate surface area is 93.3 Å². The van der Waals surface area contributed by atoms with Crippen molar-refractivity contribution in [1.29, 1.82) is 0 Å². The summed E-state index contributed by atoms with van der Waals surface area (Å²) in [5, 5.41) is 2.01. The van der Waals surface area contributed by atoms with E-state index >= 15 is 0 Å². The summed E-state index contributed by atoms with van der Waals surface area (Å²) in [6.45, 7) is 4.36. The highest BCUT2D eigenvalue weighted by atomic mass is 15.5. The smallest absolute Gasteiger partial charge is 0.0189 e. The van der Waals surface area contributed by atoms with E-state index in [1.165, 1.54) is 17.5 Å². The summed E-state index contributed by atoms with van der Waals surface area (Å²) >= 11 is 0. The van der Waals surface area contributed by atoms with Crippen LogP contribution in [0.1, 0.15) is 24.5 Å². The van der Waals surface area contributed by atoms with Crippen LogP contribution in [0.25, 0.3) is 0 Å². The van der Waals surface area contributed by atoms with Gasteiger partial charge in [-0.05, 0) is 32.3 Å². The lowest BCUT2D eigenvalue weighted by Crippen LogP contribution is -2.38. The van der Waals surface area contributed by atoms with E-state index in [0.717, 1.165) is 6.42 Å². The Bertz CT molecular complexity index is 294. The Balaban J connectivity index is 2.36. The van der Waals surface area contributed by atoms with E-state index in [1.54, 1.807) is 0 Å². The highest BCUT2D eigenvalue weighted by molar-refractivity contribution is 5.22. The molecule has 0 fully saturated rings. The van der Waals surface area contributed by atoms with Gasteiger partial charge in [0.15, 0.2) is 0 Å². The molecule has 0 aromatic heterocycles. The van der Waals surface area contributed by atoms with Crippen LogP contribution in [0.2, 0.25) is 0 Å². The van der Waals surface area contributed by atoms with Gasteiger partial charge in [-0.3, -0.25) is 10.4 Å². The quantitative estimate of drug-likeness (QED) is 0.744. The third-order valence-electron chi connectivity index (χ3n) is 2.43. The van der Waals surface area contributed by atoms with Gasteiger partial charge in [-0.1, -0.05) is 29.8 Å². The molecule has 84 valence electrons. The molecule has 0 radical (unpaired) electrons. The Hall–Kier alpha value is -0.860. The maximum absolute atomic E-state index is 3.36. The van der Waals surface area contributed by atoms with Gasteiger partial charge in [-0.15, -0.1) is 0 Å². The predicted molar refractivity (Wildman–Crippen MR) is 65.8 cm³/mol.